The Labute approximate surface area is 95.4 Å². The van der Waals surface area contributed by atoms with E-state index in [-0.39, 0.29) is 17.8 Å². The van der Waals surface area contributed by atoms with E-state index >= 15 is 0 Å². The summed E-state index contributed by atoms with van der Waals surface area (Å²) < 4.78 is 6.07. The van der Waals surface area contributed by atoms with Gasteiger partial charge in [0.05, 0.1) is 17.7 Å². The van der Waals surface area contributed by atoms with Crippen molar-refractivity contribution < 1.29 is 9.45 Å². The van der Waals surface area contributed by atoms with Crippen LogP contribution in [-0.2, 0) is 6.54 Å². The number of pyridine rings is 1. The van der Waals surface area contributed by atoms with Crippen LogP contribution in [0.25, 0.3) is 0 Å². The molecule has 0 N–H and O–H groups in total. The van der Waals surface area contributed by atoms with Crippen LogP contribution in [0, 0.1) is 17.0 Å². The summed E-state index contributed by atoms with van der Waals surface area (Å²) >= 11 is 0. The van der Waals surface area contributed by atoms with Crippen LogP contribution in [0.4, 0.5) is 5.69 Å². The van der Waals surface area contributed by atoms with Crippen LogP contribution in [-0.4, -0.2) is 14.6 Å². The molecule has 0 saturated carbocycles. The minimum absolute atomic E-state index is 0.134. The third-order valence-corrected chi connectivity index (χ3v) is 2.19. The number of aryl methyl sites for hydroxylation is 1. The molecule has 0 aliphatic carbocycles. The van der Waals surface area contributed by atoms with Crippen LogP contribution >= 0.6 is 0 Å². The van der Waals surface area contributed by atoms with Crippen LogP contribution in [0.1, 0.15) is 11.5 Å². The van der Waals surface area contributed by atoms with Crippen LogP contribution in [0.3, 0.4) is 0 Å². The van der Waals surface area contributed by atoms with E-state index in [1.54, 1.807) is 13.0 Å². The van der Waals surface area contributed by atoms with Crippen molar-refractivity contribution in [2.24, 2.45) is 0 Å². The van der Waals surface area contributed by atoms with Gasteiger partial charge in [-0.1, -0.05) is 5.16 Å². The van der Waals surface area contributed by atoms with Crippen LogP contribution < -0.4 is 5.56 Å². The molecule has 7 heteroatoms. The molecule has 2 rings (SSSR count). The minimum Gasteiger partial charge on any atom is -0.361 e. The van der Waals surface area contributed by atoms with Gasteiger partial charge in [-0.3, -0.25) is 14.9 Å². The molecule has 0 unspecified atom stereocenters. The monoisotopic (exact) mass is 235 g/mol. The molecule has 17 heavy (non-hydrogen) atoms. The molecule has 0 fully saturated rings. The highest BCUT2D eigenvalue weighted by molar-refractivity contribution is 5.25. The van der Waals surface area contributed by atoms with E-state index in [2.05, 4.69) is 5.16 Å². The highest BCUT2D eigenvalue weighted by atomic mass is 16.6. The van der Waals surface area contributed by atoms with Crippen molar-refractivity contribution in [3.05, 3.63) is 56.3 Å². The lowest BCUT2D eigenvalue weighted by atomic mass is 10.3. The molecule has 0 saturated heterocycles. The molecule has 2 aromatic rings. The van der Waals surface area contributed by atoms with Crippen LogP contribution in [0.5, 0.6) is 0 Å². The van der Waals surface area contributed by atoms with Gasteiger partial charge >= 0.3 is 0 Å². The van der Waals surface area contributed by atoms with Gasteiger partial charge in [0.2, 0.25) is 0 Å². The fourth-order valence-corrected chi connectivity index (χ4v) is 1.42. The lowest BCUT2D eigenvalue weighted by Gasteiger charge is -2.01. The smallest absolute Gasteiger partial charge is 0.285 e. The number of hydrogen-bond acceptors (Lipinski definition) is 5. The summed E-state index contributed by atoms with van der Waals surface area (Å²) in [6, 6.07) is 4.00. The molecule has 0 radical (unpaired) electrons. The Morgan fingerprint density at radius 2 is 2.29 bits per heavy atom. The van der Waals surface area contributed by atoms with Crippen molar-refractivity contribution in [3.63, 3.8) is 0 Å². The Morgan fingerprint density at radius 1 is 1.53 bits per heavy atom. The van der Waals surface area contributed by atoms with Gasteiger partial charge in [0, 0.05) is 18.2 Å². The first-order valence-corrected chi connectivity index (χ1v) is 4.83. The number of aromatic nitrogens is 2. The summed E-state index contributed by atoms with van der Waals surface area (Å²) in [4.78, 5) is 21.5. The predicted octanol–water partition coefficient (Wildman–Crippen LogP) is 1.10. The standard InChI is InChI=1S/C10H9N3O4/c1-7-4-8(11-17-7)5-12-6-9(13(15)16)2-3-10(12)14/h2-4,6H,5H2,1H3. The van der Waals surface area contributed by atoms with E-state index in [0.717, 1.165) is 6.07 Å². The molecule has 0 spiro atoms. The largest absolute Gasteiger partial charge is 0.361 e. The van der Waals surface area contributed by atoms with Gasteiger partial charge in [0.25, 0.3) is 11.2 Å². The van der Waals surface area contributed by atoms with Gasteiger partial charge in [0.1, 0.15) is 11.5 Å². The van der Waals surface area contributed by atoms with E-state index in [9.17, 15) is 14.9 Å². The maximum Gasteiger partial charge on any atom is 0.285 e. The zero-order valence-corrected chi connectivity index (χ0v) is 8.99. The SMILES string of the molecule is Cc1cc(Cn2cc([N+](=O)[O-])ccc2=O)no1. The van der Waals surface area contributed by atoms with Crippen molar-refractivity contribution in [2.75, 3.05) is 0 Å². The van der Waals surface area contributed by atoms with Gasteiger partial charge < -0.3 is 9.09 Å². The Balaban J connectivity index is 2.35. The van der Waals surface area contributed by atoms with Crippen molar-refractivity contribution in [1.82, 2.24) is 9.72 Å². The van der Waals surface area contributed by atoms with Gasteiger partial charge in [-0.2, -0.15) is 0 Å². The topological polar surface area (TPSA) is 91.2 Å². The molecule has 88 valence electrons. The summed E-state index contributed by atoms with van der Waals surface area (Å²) in [5, 5.41) is 14.3. The Hall–Kier alpha value is -2.44. The van der Waals surface area contributed by atoms with E-state index in [1.807, 2.05) is 0 Å². The first-order chi connectivity index (χ1) is 8.06. The maximum absolute atomic E-state index is 11.5. The molecule has 0 aliphatic rings. The first kappa shape index (κ1) is 11.1. The maximum atomic E-state index is 11.5. The fourth-order valence-electron chi connectivity index (χ4n) is 1.42. The average molecular weight is 235 g/mol. The summed E-state index contributed by atoms with van der Waals surface area (Å²) in [7, 11) is 0. The third-order valence-electron chi connectivity index (χ3n) is 2.19. The average Bonchev–Trinajstić information content (AvgIpc) is 2.67. The third kappa shape index (κ3) is 2.39. The molecular weight excluding hydrogens is 226 g/mol. The van der Waals surface area contributed by atoms with Crippen LogP contribution in [0.2, 0.25) is 0 Å². The predicted molar refractivity (Wildman–Crippen MR) is 57.7 cm³/mol. The number of nitrogens with zero attached hydrogens (tertiary/aromatic N) is 3. The molecule has 2 heterocycles. The summed E-state index contributed by atoms with van der Waals surface area (Å²) in [6.07, 6.45) is 1.19. The number of rotatable bonds is 3. The molecule has 0 aliphatic heterocycles. The Bertz CT molecular complexity index is 614. The molecule has 7 nitrogen and oxygen atoms in total. The molecule has 0 atom stereocenters. The summed E-state index contributed by atoms with van der Waals surface area (Å²) in [6.45, 7) is 1.88. The fraction of sp³-hybridized carbons (Fsp3) is 0.200. The minimum atomic E-state index is -0.552. The van der Waals surface area contributed by atoms with Crippen molar-refractivity contribution >= 4 is 5.69 Å². The zero-order chi connectivity index (χ0) is 12.4. The molecule has 0 bridgehead atoms. The second-order valence-electron chi connectivity index (χ2n) is 3.54. The lowest BCUT2D eigenvalue weighted by molar-refractivity contribution is -0.385. The van der Waals surface area contributed by atoms with Crippen LogP contribution in [0.15, 0.2) is 33.7 Å². The van der Waals surface area contributed by atoms with E-state index in [4.69, 9.17) is 4.52 Å². The Morgan fingerprint density at radius 3 is 2.88 bits per heavy atom. The van der Waals surface area contributed by atoms with E-state index < -0.39 is 4.92 Å². The van der Waals surface area contributed by atoms with E-state index in [1.165, 1.54) is 16.8 Å². The number of hydrogen-bond donors (Lipinski definition) is 0. The van der Waals surface area contributed by atoms with Gasteiger partial charge in [0.15, 0.2) is 0 Å². The lowest BCUT2D eigenvalue weighted by Crippen LogP contribution is -2.19. The molecule has 2 aromatic heterocycles. The quantitative estimate of drug-likeness (QED) is 0.586. The normalized spacial score (nSPS) is 10.4. The number of nitro groups is 1. The van der Waals surface area contributed by atoms with Gasteiger partial charge in [-0.05, 0) is 6.92 Å². The highest BCUT2D eigenvalue weighted by Crippen LogP contribution is 2.08. The van der Waals surface area contributed by atoms with Gasteiger partial charge in [-0.25, -0.2) is 0 Å². The first-order valence-electron chi connectivity index (χ1n) is 4.83. The zero-order valence-electron chi connectivity index (χ0n) is 8.99. The molecule has 0 aromatic carbocycles. The second kappa shape index (κ2) is 4.20. The van der Waals surface area contributed by atoms with Gasteiger partial charge in [-0.15, -0.1) is 0 Å². The van der Waals surface area contributed by atoms with Crippen molar-refractivity contribution in [2.45, 2.75) is 13.5 Å². The summed E-state index contributed by atoms with van der Waals surface area (Å²) in [5.74, 6) is 0.624. The molecular formula is C10H9N3O4. The summed E-state index contributed by atoms with van der Waals surface area (Å²) in [5.41, 5.74) is 0.0890. The van der Waals surface area contributed by atoms with E-state index in [0.29, 0.717) is 11.5 Å². The Kier molecular flexibility index (Phi) is 2.73. The second-order valence-corrected chi connectivity index (χ2v) is 3.54. The van der Waals surface area contributed by atoms with Crippen molar-refractivity contribution in [1.29, 1.82) is 0 Å². The highest BCUT2D eigenvalue weighted by Gasteiger charge is 2.09. The van der Waals surface area contributed by atoms with Crippen molar-refractivity contribution in [3.8, 4) is 0 Å². The molecule has 0 amide bonds.